The monoisotopic (exact) mass is 476 g/mol. The van der Waals surface area contributed by atoms with Crippen molar-refractivity contribution >= 4 is 29.8 Å². The van der Waals surface area contributed by atoms with Gasteiger partial charge in [-0.1, -0.05) is 12.1 Å². The van der Waals surface area contributed by atoms with Gasteiger partial charge < -0.3 is 24.8 Å². The van der Waals surface area contributed by atoms with Crippen molar-refractivity contribution in [1.29, 1.82) is 5.26 Å². The van der Waals surface area contributed by atoms with E-state index in [1.807, 2.05) is 12.1 Å². The Bertz CT molecular complexity index is 1210. The minimum absolute atomic E-state index is 0.0513. The van der Waals surface area contributed by atoms with Gasteiger partial charge in [0.05, 0.1) is 23.9 Å². The molecule has 2 heterocycles. The lowest BCUT2D eigenvalue weighted by Crippen LogP contribution is -2.42. The molecule has 1 saturated heterocycles. The van der Waals surface area contributed by atoms with Crippen molar-refractivity contribution < 1.29 is 28.6 Å². The van der Waals surface area contributed by atoms with Gasteiger partial charge in [-0.05, 0) is 60.7 Å². The number of hydrogen-bond donors (Lipinski definition) is 2. The fourth-order valence-electron chi connectivity index (χ4n) is 4.88. The Hall–Kier alpha value is -4.10. The molecule has 0 aromatic heterocycles. The Morgan fingerprint density at radius 2 is 2.17 bits per heavy atom. The van der Waals surface area contributed by atoms with Gasteiger partial charge in [0.15, 0.2) is 18.8 Å². The predicted octanol–water partition coefficient (Wildman–Crippen LogP) is 1.76. The number of nitriles is 1. The Labute approximate surface area is 201 Å². The minimum atomic E-state index is -0.666. The Morgan fingerprint density at radius 3 is 3.00 bits per heavy atom. The van der Waals surface area contributed by atoms with Gasteiger partial charge in [0.1, 0.15) is 5.75 Å². The van der Waals surface area contributed by atoms with Gasteiger partial charge in [-0.2, -0.15) is 5.26 Å². The van der Waals surface area contributed by atoms with Crippen LogP contribution < -0.4 is 20.3 Å². The zero-order valence-electron chi connectivity index (χ0n) is 18.9. The number of anilines is 2. The van der Waals surface area contributed by atoms with E-state index in [9.17, 15) is 19.6 Å². The van der Waals surface area contributed by atoms with Crippen molar-refractivity contribution in [1.82, 2.24) is 5.32 Å². The van der Waals surface area contributed by atoms with Crippen molar-refractivity contribution in [3.8, 4) is 11.8 Å². The van der Waals surface area contributed by atoms with Gasteiger partial charge in [0, 0.05) is 12.2 Å². The van der Waals surface area contributed by atoms with E-state index >= 15 is 0 Å². The SMILES string of the molecule is N#Cc1cccc2c1CC(CNC[C@H](OC=O)[C@@H]1CN(c3ccc4c(c3)NC(=O)CO4)C(=O)O1)C2. The fourth-order valence-corrected chi connectivity index (χ4v) is 4.88. The van der Waals surface area contributed by atoms with Crippen LogP contribution in [0, 0.1) is 17.2 Å². The average molecular weight is 476 g/mol. The lowest BCUT2D eigenvalue weighted by Gasteiger charge is -2.22. The third-order valence-corrected chi connectivity index (χ3v) is 6.56. The average Bonchev–Trinajstić information content (AvgIpc) is 3.46. The molecule has 2 aromatic carbocycles. The highest BCUT2D eigenvalue weighted by molar-refractivity contribution is 5.97. The van der Waals surface area contributed by atoms with E-state index in [-0.39, 0.29) is 19.1 Å². The second-order valence-corrected chi connectivity index (χ2v) is 8.81. The number of carbonyl (C=O) groups excluding carboxylic acids is 3. The molecular formula is C25H24N4O6. The Balaban J connectivity index is 1.19. The van der Waals surface area contributed by atoms with E-state index in [1.54, 1.807) is 18.2 Å². The molecule has 1 unspecified atom stereocenters. The molecule has 2 N–H and O–H groups in total. The van der Waals surface area contributed by atoms with Crippen LogP contribution in [-0.4, -0.2) is 56.9 Å². The summed E-state index contributed by atoms with van der Waals surface area (Å²) in [5.74, 6) is 0.586. The number of hydrogen-bond acceptors (Lipinski definition) is 8. The van der Waals surface area contributed by atoms with Crippen LogP contribution in [0.5, 0.6) is 5.75 Å². The Kier molecular flexibility index (Phi) is 6.25. The van der Waals surface area contributed by atoms with Crippen LogP contribution >= 0.6 is 0 Å². The molecule has 0 spiro atoms. The van der Waals surface area contributed by atoms with Gasteiger partial charge in [-0.15, -0.1) is 0 Å². The van der Waals surface area contributed by atoms with Crippen LogP contribution in [0.4, 0.5) is 16.2 Å². The third kappa shape index (κ3) is 4.63. The second kappa shape index (κ2) is 9.64. The zero-order valence-corrected chi connectivity index (χ0v) is 18.9. The summed E-state index contributed by atoms with van der Waals surface area (Å²) in [5, 5.41) is 15.4. The molecule has 2 aromatic rings. The van der Waals surface area contributed by atoms with E-state index in [0.29, 0.717) is 42.6 Å². The number of nitrogens with zero attached hydrogens (tertiary/aromatic N) is 2. The lowest BCUT2D eigenvalue weighted by atomic mass is 10.0. The molecule has 10 nitrogen and oxygen atoms in total. The molecule has 5 rings (SSSR count). The van der Waals surface area contributed by atoms with E-state index in [4.69, 9.17) is 14.2 Å². The van der Waals surface area contributed by atoms with Gasteiger partial charge in [0.25, 0.3) is 12.4 Å². The van der Waals surface area contributed by atoms with Crippen molar-refractivity contribution in [2.24, 2.45) is 5.92 Å². The number of amides is 2. The number of fused-ring (bicyclic) bond motifs is 2. The minimum Gasteiger partial charge on any atom is -0.482 e. The highest BCUT2D eigenvalue weighted by atomic mass is 16.6. The number of carbonyl (C=O) groups is 3. The Morgan fingerprint density at radius 1 is 1.29 bits per heavy atom. The maximum atomic E-state index is 12.6. The summed E-state index contributed by atoms with van der Waals surface area (Å²) >= 11 is 0. The quantitative estimate of drug-likeness (QED) is 0.552. The molecule has 180 valence electrons. The van der Waals surface area contributed by atoms with Crippen molar-refractivity contribution in [2.45, 2.75) is 25.0 Å². The molecule has 1 aliphatic carbocycles. The standard InChI is InChI=1S/C25H24N4O6/c26-9-17-3-1-2-16-6-15(7-19(16)17)10-27-11-22(34-14-30)23-12-29(25(32)35-23)18-4-5-21-20(8-18)28-24(31)13-33-21/h1-5,8,14-15,22-23,27H,6-7,10-13H2,(H,28,31)/t15?,22-,23-/m0/s1. The zero-order chi connectivity index (χ0) is 24.4. The number of nitrogens with one attached hydrogen (secondary N) is 2. The van der Waals surface area contributed by atoms with Gasteiger partial charge in [0.2, 0.25) is 0 Å². The smallest absolute Gasteiger partial charge is 0.414 e. The third-order valence-electron chi connectivity index (χ3n) is 6.56. The van der Waals surface area contributed by atoms with Crippen LogP contribution in [0.25, 0.3) is 0 Å². The first-order valence-corrected chi connectivity index (χ1v) is 11.4. The molecule has 0 radical (unpaired) electrons. The van der Waals surface area contributed by atoms with Gasteiger partial charge in [-0.25, -0.2) is 4.79 Å². The van der Waals surface area contributed by atoms with Crippen LogP contribution in [-0.2, 0) is 31.9 Å². The predicted molar refractivity (Wildman–Crippen MR) is 124 cm³/mol. The molecule has 3 aliphatic rings. The molecule has 35 heavy (non-hydrogen) atoms. The number of cyclic esters (lactones) is 1. The number of rotatable bonds is 8. The largest absolute Gasteiger partial charge is 0.482 e. The molecule has 3 atom stereocenters. The molecule has 2 aliphatic heterocycles. The first kappa shape index (κ1) is 22.7. The summed E-state index contributed by atoms with van der Waals surface area (Å²) in [6.45, 7) is 1.49. The summed E-state index contributed by atoms with van der Waals surface area (Å²) < 4.78 is 16.1. The van der Waals surface area contributed by atoms with E-state index in [1.165, 1.54) is 10.5 Å². The summed E-state index contributed by atoms with van der Waals surface area (Å²) in [6, 6.07) is 13.1. The molecule has 0 saturated carbocycles. The topological polar surface area (TPSA) is 130 Å². The first-order valence-electron chi connectivity index (χ1n) is 11.4. The molecule has 0 bridgehead atoms. The molecule has 2 amide bonds. The van der Waals surface area contributed by atoms with Crippen LogP contribution in [0.1, 0.15) is 16.7 Å². The van der Waals surface area contributed by atoms with Crippen LogP contribution in [0.15, 0.2) is 36.4 Å². The summed E-state index contributed by atoms with van der Waals surface area (Å²) in [7, 11) is 0. The van der Waals surface area contributed by atoms with E-state index < -0.39 is 18.3 Å². The van der Waals surface area contributed by atoms with Crippen LogP contribution in [0.3, 0.4) is 0 Å². The highest BCUT2D eigenvalue weighted by Gasteiger charge is 2.39. The second-order valence-electron chi connectivity index (χ2n) is 8.81. The normalized spacial score (nSPS) is 21.2. The highest BCUT2D eigenvalue weighted by Crippen LogP contribution is 2.34. The van der Waals surface area contributed by atoms with E-state index in [0.717, 1.165) is 24.0 Å². The molecule has 1 fully saturated rings. The summed E-state index contributed by atoms with van der Waals surface area (Å²) in [6.07, 6.45) is -0.195. The summed E-state index contributed by atoms with van der Waals surface area (Å²) in [5.41, 5.74) is 4.04. The fraction of sp³-hybridized carbons (Fsp3) is 0.360. The van der Waals surface area contributed by atoms with Crippen molar-refractivity contribution in [3.05, 3.63) is 53.1 Å². The number of benzene rings is 2. The van der Waals surface area contributed by atoms with Crippen LogP contribution in [0.2, 0.25) is 0 Å². The lowest BCUT2D eigenvalue weighted by molar-refractivity contribution is -0.137. The van der Waals surface area contributed by atoms with Crippen molar-refractivity contribution in [2.75, 3.05) is 36.5 Å². The maximum absolute atomic E-state index is 12.6. The number of ether oxygens (including phenoxy) is 3. The maximum Gasteiger partial charge on any atom is 0.414 e. The molecular weight excluding hydrogens is 452 g/mol. The van der Waals surface area contributed by atoms with Gasteiger partial charge >= 0.3 is 6.09 Å². The summed E-state index contributed by atoms with van der Waals surface area (Å²) in [4.78, 5) is 36.8. The van der Waals surface area contributed by atoms with E-state index in [2.05, 4.69) is 22.8 Å². The first-order chi connectivity index (χ1) is 17.1. The molecule has 10 heteroatoms. The van der Waals surface area contributed by atoms with Crippen molar-refractivity contribution in [3.63, 3.8) is 0 Å². The van der Waals surface area contributed by atoms with Gasteiger partial charge in [-0.3, -0.25) is 14.5 Å².